The van der Waals surface area contributed by atoms with E-state index in [0.29, 0.717) is 0 Å². The van der Waals surface area contributed by atoms with Crippen molar-refractivity contribution in [2.75, 3.05) is 13.3 Å². The molecule has 1 spiro atoms. The Morgan fingerprint density at radius 3 is 2.75 bits per heavy atom. The van der Waals surface area contributed by atoms with E-state index in [-0.39, 0.29) is 0 Å². The zero-order chi connectivity index (χ0) is 5.19. The Labute approximate surface area is 70.3 Å². The van der Waals surface area contributed by atoms with Crippen LogP contribution in [0.3, 0.4) is 0 Å². The third-order valence-corrected chi connectivity index (χ3v) is 11.1. The van der Waals surface area contributed by atoms with Gasteiger partial charge in [-0.3, -0.25) is 0 Å². The van der Waals surface area contributed by atoms with E-state index in [9.17, 15) is 0 Å². The number of halogens is 2. The van der Waals surface area contributed by atoms with Crippen LogP contribution in [0.5, 0.6) is 0 Å². The molecule has 0 aromatic carbocycles. The van der Waals surface area contributed by atoms with E-state index in [2.05, 4.69) is 0 Å². The van der Waals surface area contributed by atoms with E-state index in [1.807, 2.05) is 0 Å². The van der Waals surface area contributed by atoms with Crippen LogP contribution < -0.4 is 42.4 Å². The molecule has 48 valence electrons. The predicted octanol–water partition coefficient (Wildman–Crippen LogP) is -5.82. The van der Waals surface area contributed by atoms with Crippen molar-refractivity contribution in [2.24, 2.45) is 11.3 Å². The third-order valence-electron chi connectivity index (χ3n) is 2.64. The van der Waals surface area contributed by atoms with Gasteiger partial charge in [0.2, 0.25) is 0 Å². The zero-order valence-electron chi connectivity index (χ0n) is 4.53. The van der Waals surface area contributed by atoms with Crippen LogP contribution in [-0.4, -0.2) is 17.2 Å². The average molecular weight is 334 g/mol. The molecular formula is C6H8I2-2. The Morgan fingerprint density at radius 1 is 1.38 bits per heavy atom. The molecule has 3 rings (SSSR count). The summed E-state index contributed by atoms with van der Waals surface area (Å²) >= 11 is 1.52. The third kappa shape index (κ3) is 0.384. The molecule has 0 amide bonds. The van der Waals surface area contributed by atoms with Gasteiger partial charge < -0.3 is 0 Å². The first-order chi connectivity index (χ1) is 3.93. The fraction of sp³-hybridized carbons (Fsp3) is 1.00. The minimum absolute atomic E-state index is 0.744. The average Bonchev–Trinajstić information content (AvgIpc) is 2.20. The molecule has 0 bridgehead atoms. The molecule has 0 aromatic heterocycles. The molecule has 0 nitrogen and oxygen atoms in total. The first kappa shape index (κ1) is 5.16. The van der Waals surface area contributed by atoms with Crippen LogP contribution in [0.15, 0.2) is 0 Å². The number of hydrogen-bond donors (Lipinski definition) is 0. The van der Waals surface area contributed by atoms with Crippen molar-refractivity contribution in [3.8, 4) is 0 Å². The van der Waals surface area contributed by atoms with Crippen molar-refractivity contribution < 1.29 is 42.4 Å². The molecule has 1 aliphatic carbocycles. The van der Waals surface area contributed by atoms with Gasteiger partial charge in [0.15, 0.2) is 0 Å². The molecular weight excluding hydrogens is 326 g/mol. The van der Waals surface area contributed by atoms with Gasteiger partial charge in [0.1, 0.15) is 0 Å². The van der Waals surface area contributed by atoms with Crippen LogP contribution in [0.4, 0.5) is 0 Å². The maximum atomic E-state index is 1.74. The molecule has 2 aliphatic heterocycles. The number of hydrogen-bond acceptors (Lipinski definition) is 0. The molecule has 2 unspecified atom stereocenters. The molecule has 0 N–H and O–H groups in total. The Balaban J connectivity index is 2.00. The summed E-state index contributed by atoms with van der Waals surface area (Å²) in [7, 11) is 0. The van der Waals surface area contributed by atoms with Crippen molar-refractivity contribution in [1.29, 1.82) is 0 Å². The Bertz CT molecular complexity index is 145. The summed E-state index contributed by atoms with van der Waals surface area (Å²) in [6, 6.07) is 0. The number of alkyl halides is 4. The second-order valence-electron chi connectivity index (χ2n) is 3.01. The van der Waals surface area contributed by atoms with E-state index in [1.165, 1.54) is 9.84 Å². The van der Waals surface area contributed by atoms with Gasteiger partial charge in [0, 0.05) is 0 Å². The van der Waals surface area contributed by atoms with Crippen LogP contribution in [0.25, 0.3) is 0 Å². The van der Waals surface area contributed by atoms with Crippen molar-refractivity contribution in [1.82, 2.24) is 0 Å². The van der Waals surface area contributed by atoms with Gasteiger partial charge in [0.05, 0.1) is 0 Å². The second-order valence-corrected chi connectivity index (χ2v) is 8.71. The Hall–Kier alpha value is 1.46. The monoisotopic (exact) mass is 334 g/mol. The normalized spacial score (nSPS) is 68.0. The summed E-state index contributed by atoms with van der Waals surface area (Å²) < 4.78 is 6.58. The van der Waals surface area contributed by atoms with Crippen LogP contribution in [0, 0.1) is 11.3 Å². The zero-order valence-corrected chi connectivity index (χ0v) is 8.85. The summed E-state index contributed by atoms with van der Waals surface area (Å²) in [6.45, 7) is 0. The molecule has 2 heteroatoms. The fourth-order valence-electron chi connectivity index (χ4n) is 1.88. The summed E-state index contributed by atoms with van der Waals surface area (Å²) in [6.07, 6.45) is 0. The first-order valence-corrected chi connectivity index (χ1v) is 8.87. The summed E-state index contributed by atoms with van der Waals surface area (Å²) in [4.78, 5) is 0. The summed E-state index contributed by atoms with van der Waals surface area (Å²) in [5.41, 5.74) is 1.10. The van der Waals surface area contributed by atoms with E-state index in [1.54, 1.807) is 13.3 Å². The van der Waals surface area contributed by atoms with Crippen molar-refractivity contribution in [2.45, 2.75) is 3.92 Å². The van der Waals surface area contributed by atoms with Crippen molar-refractivity contribution in [3.63, 3.8) is 0 Å². The van der Waals surface area contributed by atoms with Gasteiger partial charge in [0.25, 0.3) is 0 Å². The van der Waals surface area contributed by atoms with E-state index >= 15 is 0 Å². The van der Waals surface area contributed by atoms with Crippen molar-refractivity contribution in [3.05, 3.63) is 0 Å². The van der Waals surface area contributed by atoms with Gasteiger partial charge in [-0.1, -0.05) is 0 Å². The van der Waals surface area contributed by atoms with Crippen LogP contribution in [0.1, 0.15) is 0 Å². The fourth-order valence-corrected chi connectivity index (χ4v) is 14.4. The molecule has 2 heterocycles. The Morgan fingerprint density at radius 2 is 2.38 bits per heavy atom. The number of rotatable bonds is 0. The van der Waals surface area contributed by atoms with Gasteiger partial charge >= 0.3 is 71.0 Å². The molecule has 3 fully saturated rings. The molecule has 0 aromatic rings. The van der Waals surface area contributed by atoms with E-state index in [0.717, 1.165) is 47.8 Å². The molecule has 8 heavy (non-hydrogen) atoms. The molecule has 3 atom stereocenters. The van der Waals surface area contributed by atoms with Crippen LogP contribution >= 0.6 is 0 Å². The summed E-state index contributed by atoms with van der Waals surface area (Å²) in [5.74, 6) is 1.34. The van der Waals surface area contributed by atoms with Crippen LogP contribution in [0.2, 0.25) is 0 Å². The number of fused-ring (bicyclic) bond motifs is 1. The second kappa shape index (κ2) is 1.38. The van der Waals surface area contributed by atoms with Gasteiger partial charge in [-0.05, 0) is 0 Å². The van der Waals surface area contributed by atoms with Gasteiger partial charge in [-0.15, -0.1) is 0 Å². The standard InChI is InChI=1S/C6H8I2/c1-4-5-6(4,2-7-1)3-8-5/h4-5H,1-3H2/q-2/t4-,5?,6?/m0/s1. The quantitative estimate of drug-likeness (QED) is 0.306. The molecule has 1 saturated carbocycles. The molecule has 0 radical (unpaired) electrons. The first-order valence-electron chi connectivity index (χ1n) is 3.05. The predicted molar refractivity (Wildman–Crippen MR) is 24.3 cm³/mol. The Kier molecular flexibility index (Phi) is 0.890. The SMILES string of the molecule is C1[I-]CC23C[I-]C2[C@H]13. The van der Waals surface area contributed by atoms with Gasteiger partial charge in [-0.25, -0.2) is 0 Å². The van der Waals surface area contributed by atoms with Gasteiger partial charge in [-0.2, -0.15) is 0 Å². The molecule has 2 saturated heterocycles. The van der Waals surface area contributed by atoms with Crippen molar-refractivity contribution >= 4 is 0 Å². The summed E-state index contributed by atoms with van der Waals surface area (Å²) in [5, 5.41) is 0. The maximum absolute atomic E-state index is 1.74. The molecule has 3 aliphatic rings. The minimum atomic E-state index is 0.744. The van der Waals surface area contributed by atoms with E-state index < -0.39 is 0 Å². The van der Waals surface area contributed by atoms with E-state index in [4.69, 9.17) is 0 Å². The van der Waals surface area contributed by atoms with Crippen LogP contribution in [-0.2, 0) is 0 Å². The topological polar surface area (TPSA) is 0 Å².